The van der Waals surface area contributed by atoms with Crippen molar-refractivity contribution in [2.45, 2.75) is 46.4 Å². The van der Waals surface area contributed by atoms with Crippen molar-refractivity contribution >= 4 is 40.9 Å². The van der Waals surface area contributed by atoms with Crippen LogP contribution in [0.5, 0.6) is 0 Å². The zero-order valence-electron chi connectivity index (χ0n) is 17.0. The van der Waals surface area contributed by atoms with Crippen LogP contribution in [0.4, 0.5) is 0 Å². The van der Waals surface area contributed by atoms with E-state index in [-0.39, 0.29) is 22.9 Å². The minimum atomic E-state index is -0.746. The molecule has 0 N–H and O–H groups in total. The standard InChI is InChI=1S/C20H22Cl2N2O6/c1-5-29-16(25)11-24-15(18(27)13-7-6-12(21)8-14(13)22)9-23(19(24)28)10-17(26)30-20(2,3)4/h6-9H,5,10-11H2,1-4H3. The molecule has 0 aliphatic heterocycles. The van der Waals surface area contributed by atoms with Crippen molar-refractivity contribution in [3.63, 3.8) is 0 Å². The highest BCUT2D eigenvalue weighted by Crippen LogP contribution is 2.23. The number of halogens is 2. The van der Waals surface area contributed by atoms with E-state index in [9.17, 15) is 19.2 Å². The second-order valence-corrected chi connectivity index (χ2v) is 8.20. The maximum absolute atomic E-state index is 13.0. The van der Waals surface area contributed by atoms with Crippen molar-refractivity contribution in [2.75, 3.05) is 6.61 Å². The molecule has 0 aliphatic rings. The summed E-state index contributed by atoms with van der Waals surface area (Å²) in [5, 5.41) is 0.422. The van der Waals surface area contributed by atoms with Gasteiger partial charge in [-0.2, -0.15) is 0 Å². The Kier molecular flexibility index (Phi) is 7.49. The first kappa shape index (κ1) is 23.7. The SMILES string of the molecule is CCOC(=O)Cn1c(C(=O)c2ccc(Cl)cc2Cl)cn(CC(=O)OC(C)(C)C)c1=O. The summed E-state index contributed by atoms with van der Waals surface area (Å²) in [5.41, 5.74) is -1.51. The van der Waals surface area contributed by atoms with Crippen LogP contribution in [0.2, 0.25) is 10.0 Å². The predicted molar refractivity (Wildman–Crippen MR) is 111 cm³/mol. The maximum Gasteiger partial charge on any atom is 0.329 e. The van der Waals surface area contributed by atoms with Gasteiger partial charge in [0, 0.05) is 16.8 Å². The molecule has 2 aromatic rings. The van der Waals surface area contributed by atoms with Gasteiger partial charge in [-0.25, -0.2) is 4.79 Å². The molecule has 0 saturated carbocycles. The Balaban J connectivity index is 2.48. The van der Waals surface area contributed by atoms with E-state index < -0.39 is 42.1 Å². The second-order valence-electron chi connectivity index (χ2n) is 7.36. The van der Waals surface area contributed by atoms with E-state index in [2.05, 4.69) is 0 Å². The van der Waals surface area contributed by atoms with Crippen molar-refractivity contribution < 1.29 is 23.9 Å². The molecule has 0 fully saturated rings. The van der Waals surface area contributed by atoms with Gasteiger partial charge >= 0.3 is 17.6 Å². The Morgan fingerprint density at radius 3 is 2.30 bits per heavy atom. The normalized spacial score (nSPS) is 11.3. The molecule has 2 rings (SSSR count). The van der Waals surface area contributed by atoms with E-state index in [1.54, 1.807) is 27.7 Å². The second kappa shape index (κ2) is 9.49. The molecule has 0 amide bonds. The number of carbonyl (C=O) groups excluding carboxylic acids is 3. The maximum atomic E-state index is 13.0. The first-order valence-corrected chi connectivity index (χ1v) is 9.85. The van der Waals surface area contributed by atoms with Crippen molar-refractivity contribution in [3.8, 4) is 0 Å². The smallest absolute Gasteiger partial charge is 0.329 e. The number of aromatic nitrogens is 2. The van der Waals surface area contributed by atoms with Gasteiger partial charge in [-0.1, -0.05) is 23.2 Å². The number of hydrogen-bond donors (Lipinski definition) is 0. The molecule has 1 aromatic heterocycles. The molecule has 30 heavy (non-hydrogen) atoms. The first-order chi connectivity index (χ1) is 13.9. The predicted octanol–water partition coefficient (Wildman–Crippen LogP) is 3.09. The quantitative estimate of drug-likeness (QED) is 0.468. The Labute approximate surface area is 183 Å². The van der Waals surface area contributed by atoms with Crippen LogP contribution in [0.3, 0.4) is 0 Å². The van der Waals surface area contributed by atoms with Crippen molar-refractivity contribution in [1.29, 1.82) is 0 Å². The number of esters is 2. The van der Waals surface area contributed by atoms with Crippen LogP contribution in [0.1, 0.15) is 43.7 Å². The molecule has 162 valence electrons. The summed E-state index contributed by atoms with van der Waals surface area (Å²) in [5.74, 6) is -1.98. The van der Waals surface area contributed by atoms with Crippen LogP contribution in [0, 0.1) is 0 Å². The minimum Gasteiger partial charge on any atom is -0.465 e. The largest absolute Gasteiger partial charge is 0.465 e. The summed E-state index contributed by atoms with van der Waals surface area (Å²) in [6, 6.07) is 4.28. The number of rotatable bonds is 7. The summed E-state index contributed by atoms with van der Waals surface area (Å²) in [4.78, 5) is 50.0. The van der Waals surface area contributed by atoms with E-state index in [0.717, 1.165) is 9.13 Å². The number of imidazole rings is 1. The minimum absolute atomic E-state index is 0.0857. The van der Waals surface area contributed by atoms with Crippen molar-refractivity contribution in [2.24, 2.45) is 0 Å². The molecular formula is C20H22Cl2N2O6. The van der Waals surface area contributed by atoms with E-state index in [1.165, 1.54) is 24.4 Å². The van der Waals surface area contributed by atoms with Gasteiger partial charge in [0.15, 0.2) is 0 Å². The van der Waals surface area contributed by atoms with Gasteiger partial charge in [0.2, 0.25) is 5.78 Å². The summed E-state index contributed by atoms with van der Waals surface area (Å²) in [7, 11) is 0. The number of ether oxygens (including phenoxy) is 2. The van der Waals surface area contributed by atoms with Crippen molar-refractivity contribution in [1.82, 2.24) is 9.13 Å². The summed E-state index contributed by atoms with van der Waals surface area (Å²) >= 11 is 12.0. The summed E-state index contributed by atoms with van der Waals surface area (Å²) in [6.45, 7) is 5.87. The molecule has 0 saturated heterocycles. The van der Waals surface area contributed by atoms with Crippen LogP contribution in [0.15, 0.2) is 29.2 Å². The molecule has 0 bridgehead atoms. The van der Waals surface area contributed by atoms with Gasteiger partial charge in [0.25, 0.3) is 0 Å². The Bertz CT molecular complexity index is 1030. The van der Waals surface area contributed by atoms with Crippen molar-refractivity contribution in [3.05, 3.63) is 56.2 Å². The zero-order valence-corrected chi connectivity index (χ0v) is 18.5. The fourth-order valence-corrected chi connectivity index (χ4v) is 3.13. The topological polar surface area (TPSA) is 96.6 Å². The van der Waals surface area contributed by atoms with Crippen LogP contribution in [-0.4, -0.2) is 39.1 Å². The zero-order chi connectivity index (χ0) is 22.6. The van der Waals surface area contributed by atoms with Gasteiger partial charge < -0.3 is 9.47 Å². The number of nitrogens with zero attached hydrogens (tertiary/aromatic N) is 2. The van der Waals surface area contributed by atoms with Gasteiger partial charge in [0.1, 0.15) is 24.4 Å². The average molecular weight is 457 g/mol. The molecule has 1 aromatic carbocycles. The van der Waals surface area contributed by atoms with Gasteiger partial charge in [0.05, 0.1) is 11.6 Å². The molecule has 8 nitrogen and oxygen atoms in total. The lowest BCUT2D eigenvalue weighted by molar-refractivity contribution is -0.155. The number of ketones is 1. The average Bonchev–Trinajstić information content (AvgIpc) is 2.89. The Morgan fingerprint density at radius 1 is 1.07 bits per heavy atom. The lowest BCUT2D eigenvalue weighted by Crippen LogP contribution is -2.33. The highest BCUT2D eigenvalue weighted by Gasteiger charge is 2.25. The van der Waals surface area contributed by atoms with E-state index in [0.29, 0.717) is 5.02 Å². The number of benzene rings is 1. The number of carbonyl (C=O) groups is 3. The highest BCUT2D eigenvalue weighted by atomic mass is 35.5. The molecule has 0 spiro atoms. The molecule has 10 heteroatoms. The molecule has 0 radical (unpaired) electrons. The third kappa shape index (κ3) is 5.96. The third-order valence-corrected chi connectivity index (χ3v) is 4.31. The fraction of sp³-hybridized carbons (Fsp3) is 0.400. The number of hydrogen-bond acceptors (Lipinski definition) is 6. The molecule has 1 heterocycles. The Hall–Kier alpha value is -2.58. The summed E-state index contributed by atoms with van der Waals surface area (Å²) < 4.78 is 12.0. The lowest BCUT2D eigenvalue weighted by atomic mass is 10.1. The van der Waals surface area contributed by atoms with E-state index in [1.807, 2.05) is 0 Å². The molecular weight excluding hydrogens is 435 g/mol. The Morgan fingerprint density at radius 2 is 1.73 bits per heavy atom. The van der Waals surface area contributed by atoms with Crippen LogP contribution in [-0.2, 0) is 32.2 Å². The van der Waals surface area contributed by atoms with Crippen LogP contribution in [0.25, 0.3) is 0 Å². The lowest BCUT2D eigenvalue weighted by Gasteiger charge is -2.19. The third-order valence-electron chi connectivity index (χ3n) is 3.77. The van der Waals surface area contributed by atoms with Gasteiger partial charge in [-0.3, -0.25) is 23.5 Å². The van der Waals surface area contributed by atoms with Gasteiger partial charge in [-0.15, -0.1) is 0 Å². The molecule has 0 atom stereocenters. The van der Waals surface area contributed by atoms with E-state index >= 15 is 0 Å². The highest BCUT2D eigenvalue weighted by molar-refractivity contribution is 6.37. The molecule has 0 unspecified atom stereocenters. The van der Waals surface area contributed by atoms with Crippen LogP contribution < -0.4 is 5.69 Å². The van der Waals surface area contributed by atoms with Crippen LogP contribution >= 0.6 is 23.2 Å². The monoisotopic (exact) mass is 456 g/mol. The van der Waals surface area contributed by atoms with E-state index in [4.69, 9.17) is 32.7 Å². The fourth-order valence-electron chi connectivity index (χ4n) is 2.64. The first-order valence-electron chi connectivity index (χ1n) is 9.10. The summed E-state index contributed by atoms with van der Waals surface area (Å²) in [6.07, 6.45) is 1.19. The molecule has 0 aliphatic carbocycles. The van der Waals surface area contributed by atoms with Gasteiger partial charge in [-0.05, 0) is 45.9 Å².